The van der Waals surface area contributed by atoms with Crippen LogP contribution in [0, 0.1) is 13.8 Å². The predicted molar refractivity (Wildman–Crippen MR) is 122 cm³/mol. The maximum Gasteiger partial charge on any atom is 0.280 e. The number of thiophene rings is 1. The van der Waals surface area contributed by atoms with Gasteiger partial charge in [0.1, 0.15) is 22.1 Å². The van der Waals surface area contributed by atoms with Gasteiger partial charge in [0.2, 0.25) is 0 Å². The van der Waals surface area contributed by atoms with Crippen molar-refractivity contribution in [2.75, 3.05) is 5.32 Å². The third kappa shape index (κ3) is 4.04. The van der Waals surface area contributed by atoms with Gasteiger partial charge in [-0.15, -0.1) is 11.3 Å². The van der Waals surface area contributed by atoms with Crippen LogP contribution in [0.1, 0.15) is 68.0 Å². The van der Waals surface area contributed by atoms with E-state index >= 15 is 0 Å². The molecule has 4 aromatic heterocycles. The minimum Gasteiger partial charge on any atom is -0.365 e. The van der Waals surface area contributed by atoms with Crippen LogP contribution in [0.25, 0.3) is 10.2 Å². The molecule has 1 fully saturated rings. The zero-order valence-corrected chi connectivity index (χ0v) is 19.2. The Morgan fingerprint density at radius 3 is 2.65 bits per heavy atom. The predicted octanol–water partition coefficient (Wildman–Crippen LogP) is 3.98. The lowest BCUT2D eigenvalue weighted by atomic mass is 10.0. The first-order chi connectivity index (χ1) is 16.2. The minimum atomic E-state index is -2.75. The van der Waals surface area contributed by atoms with E-state index in [4.69, 9.17) is 5.73 Å². The molecule has 12 heteroatoms. The Morgan fingerprint density at radius 2 is 2.03 bits per heavy atom. The standard InChI is InChI=1S/C22H21F2N7O2S/c1-10-7-11(2)31(28-10)9-30-6-5-14(29-30)21(33)27-17-16-13(12-3-4-12)8-15(19(23)24)26-22(16)34-18(17)20(25)32/h5-8,12,19H,3-4,9H2,1-2H3,(H2,25,32)(H,27,33). The van der Waals surface area contributed by atoms with Gasteiger partial charge in [-0.05, 0) is 56.4 Å². The number of aryl methyl sites for hydroxylation is 2. The number of nitrogens with one attached hydrogen (secondary N) is 1. The number of pyridine rings is 1. The minimum absolute atomic E-state index is 0.0613. The molecule has 176 valence electrons. The monoisotopic (exact) mass is 485 g/mol. The van der Waals surface area contributed by atoms with Crippen molar-refractivity contribution in [3.05, 3.63) is 57.6 Å². The highest BCUT2D eigenvalue weighted by molar-refractivity contribution is 7.21. The fourth-order valence-corrected chi connectivity index (χ4v) is 4.98. The van der Waals surface area contributed by atoms with E-state index in [9.17, 15) is 18.4 Å². The number of carbonyl (C=O) groups is 2. The average Bonchev–Trinajstić information content (AvgIpc) is 3.28. The Morgan fingerprint density at radius 1 is 1.26 bits per heavy atom. The molecule has 0 unspecified atom stereocenters. The van der Waals surface area contributed by atoms with Crippen LogP contribution >= 0.6 is 11.3 Å². The van der Waals surface area contributed by atoms with Crippen LogP contribution in [0.2, 0.25) is 0 Å². The molecule has 1 saturated carbocycles. The van der Waals surface area contributed by atoms with Crippen LogP contribution in [0.4, 0.5) is 14.5 Å². The summed E-state index contributed by atoms with van der Waals surface area (Å²) in [6.45, 7) is 4.14. The number of carbonyl (C=O) groups excluding carboxylic acids is 2. The summed E-state index contributed by atoms with van der Waals surface area (Å²) < 4.78 is 30.1. The van der Waals surface area contributed by atoms with Gasteiger partial charge in [-0.3, -0.25) is 14.3 Å². The second-order valence-electron chi connectivity index (χ2n) is 8.32. The Labute approximate surface area is 196 Å². The summed E-state index contributed by atoms with van der Waals surface area (Å²) in [7, 11) is 0. The average molecular weight is 486 g/mol. The van der Waals surface area contributed by atoms with Crippen LogP contribution in [0.3, 0.4) is 0 Å². The highest BCUT2D eigenvalue weighted by Crippen LogP contribution is 2.48. The van der Waals surface area contributed by atoms with Crippen LogP contribution in [0.5, 0.6) is 0 Å². The van der Waals surface area contributed by atoms with E-state index in [1.807, 2.05) is 19.9 Å². The molecule has 9 nitrogen and oxygen atoms in total. The summed E-state index contributed by atoms with van der Waals surface area (Å²) in [5, 5.41) is 11.9. The van der Waals surface area contributed by atoms with Gasteiger partial charge in [0.25, 0.3) is 18.2 Å². The molecule has 0 saturated heterocycles. The van der Waals surface area contributed by atoms with Gasteiger partial charge < -0.3 is 11.1 Å². The van der Waals surface area contributed by atoms with E-state index in [1.165, 1.54) is 6.07 Å². The van der Waals surface area contributed by atoms with Crippen molar-refractivity contribution in [2.24, 2.45) is 5.73 Å². The fraction of sp³-hybridized carbons (Fsp3) is 0.318. The maximum absolute atomic E-state index is 13.4. The van der Waals surface area contributed by atoms with E-state index in [-0.39, 0.29) is 32.7 Å². The summed E-state index contributed by atoms with van der Waals surface area (Å²) in [5.74, 6) is -1.24. The first kappa shape index (κ1) is 22.1. The lowest BCUT2D eigenvalue weighted by Crippen LogP contribution is -2.18. The zero-order chi connectivity index (χ0) is 24.1. The fourth-order valence-electron chi connectivity index (χ4n) is 3.96. The molecule has 0 bridgehead atoms. The molecular weight excluding hydrogens is 464 g/mol. The van der Waals surface area contributed by atoms with Gasteiger partial charge in [0.05, 0.1) is 11.4 Å². The number of alkyl halides is 2. The third-order valence-corrected chi connectivity index (χ3v) is 6.77. The Kier molecular flexibility index (Phi) is 5.39. The van der Waals surface area contributed by atoms with Gasteiger partial charge in [-0.25, -0.2) is 18.4 Å². The number of hydrogen-bond acceptors (Lipinski definition) is 6. The molecule has 1 aliphatic rings. The Hall–Kier alpha value is -3.67. The molecule has 0 radical (unpaired) electrons. The first-order valence-corrected chi connectivity index (χ1v) is 11.4. The second kappa shape index (κ2) is 8.28. The number of halogens is 2. The van der Waals surface area contributed by atoms with Crippen molar-refractivity contribution >= 4 is 39.1 Å². The van der Waals surface area contributed by atoms with Crippen molar-refractivity contribution in [1.29, 1.82) is 0 Å². The first-order valence-electron chi connectivity index (χ1n) is 10.6. The summed E-state index contributed by atoms with van der Waals surface area (Å²) >= 11 is 0.900. The second-order valence-corrected chi connectivity index (χ2v) is 9.32. The van der Waals surface area contributed by atoms with Gasteiger partial charge >= 0.3 is 0 Å². The lowest BCUT2D eigenvalue weighted by molar-refractivity contribution is 0.100. The zero-order valence-electron chi connectivity index (χ0n) is 18.4. The molecule has 0 aliphatic heterocycles. The summed E-state index contributed by atoms with van der Waals surface area (Å²) in [5.41, 5.74) is 8.00. The van der Waals surface area contributed by atoms with Crippen molar-refractivity contribution in [3.8, 4) is 0 Å². The van der Waals surface area contributed by atoms with Crippen LogP contribution in [0.15, 0.2) is 24.4 Å². The summed E-state index contributed by atoms with van der Waals surface area (Å²) in [4.78, 5) is 29.5. The smallest absolute Gasteiger partial charge is 0.280 e. The lowest BCUT2D eigenvalue weighted by Gasteiger charge is -2.09. The van der Waals surface area contributed by atoms with E-state index in [0.29, 0.717) is 17.6 Å². The van der Waals surface area contributed by atoms with E-state index in [0.717, 1.165) is 35.6 Å². The van der Waals surface area contributed by atoms with Crippen molar-refractivity contribution in [3.63, 3.8) is 0 Å². The number of nitrogens with two attached hydrogens (primary N) is 1. The SMILES string of the molecule is Cc1cc(C)n(Cn2ccc(C(=O)Nc3c(C(N)=O)sc4nc(C(F)F)cc(C5CC5)c34)n2)n1. The number of primary amides is 1. The Bertz CT molecular complexity index is 1430. The molecule has 0 atom stereocenters. The third-order valence-electron chi connectivity index (χ3n) is 5.67. The molecule has 4 heterocycles. The number of amides is 2. The molecule has 2 amide bonds. The quantitative estimate of drug-likeness (QED) is 0.410. The Balaban J connectivity index is 1.49. The highest BCUT2D eigenvalue weighted by atomic mass is 32.1. The molecule has 4 aromatic rings. The van der Waals surface area contributed by atoms with Gasteiger partial charge in [0.15, 0.2) is 5.69 Å². The number of anilines is 1. The molecule has 1 aliphatic carbocycles. The van der Waals surface area contributed by atoms with Crippen LogP contribution in [-0.2, 0) is 6.67 Å². The van der Waals surface area contributed by atoms with Crippen molar-refractivity contribution < 1.29 is 18.4 Å². The normalized spacial score (nSPS) is 13.7. The number of hydrogen-bond donors (Lipinski definition) is 2. The van der Waals surface area contributed by atoms with Gasteiger partial charge in [-0.1, -0.05) is 0 Å². The number of rotatable bonds is 7. The van der Waals surface area contributed by atoms with Gasteiger partial charge in [0, 0.05) is 17.3 Å². The molecule has 0 aromatic carbocycles. The molecular formula is C22H21F2N7O2S. The summed E-state index contributed by atoms with van der Waals surface area (Å²) in [6, 6.07) is 4.85. The van der Waals surface area contributed by atoms with E-state index in [1.54, 1.807) is 21.6 Å². The van der Waals surface area contributed by atoms with E-state index in [2.05, 4.69) is 20.5 Å². The maximum atomic E-state index is 13.4. The van der Waals surface area contributed by atoms with Crippen LogP contribution < -0.4 is 11.1 Å². The number of nitrogens with zero attached hydrogens (tertiary/aromatic N) is 5. The number of aromatic nitrogens is 5. The van der Waals surface area contributed by atoms with Gasteiger partial charge in [-0.2, -0.15) is 10.2 Å². The molecule has 5 rings (SSSR count). The largest absolute Gasteiger partial charge is 0.365 e. The van der Waals surface area contributed by atoms with Crippen molar-refractivity contribution in [1.82, 2.24) is 24.5 Å². The van der Waals surface area contributed by atoms with Crippen LogP contribution in [-0.4, -0.2) is 36.4 Å². The number of fused-ring (bicyclic) bond motifs is 1. The summed E-state index contributed by atoms with van der Waals surface area (Å²) in [6.07, 6.45) is 0.588. The topological polar surface area (TPSA) is 121 Å². The molecule has 3 N–H and O–H groups in total. The van der Waals surface area contributed by atoms with E-state index < -0.39 is 18.2 Å². The van der Waals surface area contributed by atoms with Crippen molar-refractivity contribution in [2.45, 2.75) is 45.7 Å². The molecule has 0 spiro atoms. The molecule has 34 heavy (non-hydrogen) atoms. The highest BCUT2D eigenvalue weighted by Gasteiger charge is 2.32.